The molecule has 2 N–H and O–H groups in total. The Hall–Kier alpha value is -1.07. The zero-order chi connectivity index (χ0) is 16.7. The van der Waals surface area contributed by atoms with Gasteiger partial charge in [0, 0.05) is 49.0 Å². The van der Waals surface area contributed by atoms with E-state index in [0.717, 1.165) is 38.6 Å². The molecule has 4 nitrogen and oxygen atoms in total. The Bertz CT molecular complexity index is 508. The highest BCUT2D eigenvalue weighted by Gasteiger charge is 2.41. The third-order valence-electron chi connectivity index (χ3n) is 4.48. The SMILES string of the molecule is CCOCCC1(CNC(=NC)NC(C)Cc2ccc(C)s2)CC1. The number of aliphatic imine (C=N–C) groups is 1. The van der Waals surface area contributed by atoms with Crippen LogP contribution in [0.1, 0.15) is 42.9 Å². The van der Waals surface area contributed by atoms with Crippen molar-refractivity contribution in [1.82, 2.24) is 10.6 Å². The molecule has 0 amide bonds. The van der Waals surface area contributed by atoms with Crippen molar-refractivity contribution in [1.29, 1.82) is 0 Å². The molecule has 1 unspecified atom stereocenters. The second-order valence-electron chi connectivity index (χ2n) is 6.63. The van der Waals surface area contributed by atoms with E-state index >= 15 is 0 Å². The third kappa shape index (κ3) is 6.15. The zero-order valence-corrected chi connectivity index (χ0v) is 15.8. The van der Waals surface area contributed by atoms with Gasteiger partial charge in [-0.3, -0.25) is 4.99 Å². The summed E-state index contributed by atoms with van der Waals surface area (Å²) in [4.78, 5) is 7.17. The van der Waals surface area contributed by atoms with Crippen molar-refractivity contribution >= 4 is 17.3 Å². The standard InChI is InChI=1S/C18H31N3OS/c1-5-22-11-10-18(8-9-18)13-20-17(19-4)21-14(2)12-16-7-6-15(3)23-16/h6-7,14H,5,8-13H2,1-4H3,(H2,19,20,21). The minimum absolute atomic E-state index is 0.373. The fourth-order valence-electron chi connectivity index (χ4n) is 2.77. The van der Waals surface area contributed by atoms with E-state index in [1.54, 1.807) is 0 Å². The van der Waals surface area contributed by atoms with Crippen LogP contribution in [0.3, 0.4) is 0 Å². The first-order chi connectivity index (χ1) is 11.1. The Labute approximate surface area is 144 Å². The summed E-state index contributed by atoms with van der Waals surface area (Å²) < 4.78 is 5.50. The topological polar surface area (TPSA) is 45.6 Å². The van der Waals surface area contributed by atoms with Gasteiger partial charge in [0.15, 0.2) is 5.96 Å². The van der Waals surface area contributed by atoms with Gasteiger partial charge < -0.3 is 15.4 Å². The molecule has 1 aromatic rings. The van der Waals surface area contributed by atoms with Gasteiger partial charge in [-0.25, -0.2) is 0 Å². The number of rotatable bonds is 9. The molecule has 0 spiro atoms. The number of ether oxygens (including phenoxy) is 1. The number of nitrogens with zero attached hydrogens (tertiary/aromatic N) is 1. The van der Waals surface area contributed by atoms with Crippen LogP contribution in [-0.2, 0) is 11.2 Å². The molecule has 0 aromatic carbocycles. The number of thiophene rings is 1. The van der Waals surface area contributed by atoms with Crippen molar-refractivity contribution in [3.63, 3.8) is 0 Å². The summed E-state index contributed by atoms with van der Waals surface area (Å²) in [5, 5.41) is 7.01. The first-order valence-electron chi connectivity index (χ1n) is 8.67. The molecule has 130 valence electrons. The maximum Gasteiger partial charge on any atom is 0.191 e. The lowest BCUT2D eigenvalue weighted by Crippen LogP contribution is -2.45. The van der Waals surface area contributed by atoms with Crippen LogP contribution in [0.4, 0.5) is 0 Å². The maximum absolute atomic E-state index is 5.50. The monoisotopic (exact) mass is 337 g/mol. The number of hydrogen-bond donors (Lipinski definition) is 2. The highest BCUT2D eigenvalue weighted by Crippen LogP contribution is 2.48. The largest absolute Gasteiger partial charge is 0.382 e. The predicted octanol–water partition coefficient (Wildman–Crippen LogP) is 3.36. The highest BCUT2D eigenvalue weighted by molar-refractivity contribution is 7.11. The van der Waals surface area contributed by atoms with Gasteiger partial charge in [0.2, 0.25) is 0 Å². The number of nitrogens with one attached hydrogen (secondary N) is 2. The second kappa shape index (κ2) is 8.69. The predicted molar refractivity (Wildman–Crippen MR) is 99.5 cm³/mol. The molecule has 1 fully saturated rings. The Morgan fingerprint density at radius 2 is 2.22 bits per heavy atom. The van der Waals surface area contributed by atoms with Gasteiger partial charge in [-0.2, -0.15) is 0 Å². The molecule has 5 heteroatoms. The van der Waals surface area contributed by atoms with Crippen molar-refractivity contribution in [2.75, 3.05) is 26.8 Å². The fraction of sp³-hybridized carbons (Fsp3) is 0.722. The van der Waals surface area contributed by atoms with Crippen LogP contribution in [-0.4, -0.2) is 38.8 Å². The molecule has 23 heavy (non-hydrogen) atoms. The molecule has 1 atom stereocenters. The molecule has 1 aromatic heterocycles. The lowest BCUT2D eigenvalue weighted by atomic mass is 10.0. The normalized spacial score (nSPS) is 17.8. The zero-order valence-electron chi connectivity index (χ0n) is 14.9. The fourth-order valence-corrected chi connectivity index (χ4v) is 3.79. The van der Waals surface area contributed by atoms with E-state index in [-0.39, 0.29) is 0 Å². The maximum atomic E-state index is 5.50. The molecule has 0 aliphatic heterocycles. The Morgan fingerprint density at radius 1 is 1.43 bits per heavy atom. The van der Waals surface area contributed by atoms with Gasteiger partial charge in [0.1, 0.15) is 0 Å². The van der Waals surface area contributed by atoms with Crippen LogP contribution in [0.15, 0.2) is 17.1 Å². The van der Waals surface area contributed by atoms with Crippen LogP contribution in [0.25, 0.3) is 0 Å². The van der Waals surface area contributed by atoms with Crippen molar-refractivity contribution in [3.8, 4) is 0 Å². The van der Waals surface area contributed by atoms with Gasteiger partial charge >= 0.3 is 0 Å². The van der Waals surface area contributed by atoms with Crippen molar-refractivity contribution in [2.45, 2.75) is 52.5 Å². The summed E-state index contributed by atoms with van der Waals surface area (Å²) in [6, 6.07) is 4.79. The van der Waals surface area contributed by atoms with Gasteiger partial charge in [0.05, 0.1) is 0 Å². The van der Waals surface area contributed by atoms with Crippen LogP contribution in [0.5, 0.6) is 0 Å². The summed E-state index contributed by atoms with van der Waals surface area (Å²) in [6.45, 7) is 9.10. The average Bonchev–Trinajstić information content (AvgIpc) is 3.18. The number of aryl methyl sites for hydroxylation is 1. The minimum Gasteiger partial charge on any atom is -0.382 e. The van der Waals surface area contributed by atoms with Crippen molar-refractivity contribution < 1.29 is 4.74 Å². The molecule has 1 aliphatic rings. The first-order valence-corrected chi connectivity index (χ1v) is 9.49. The van der Waals surface area contributed by atoms with E-state index in [0.29, 0.717) is 11.5 Å². The summed E-state index contributed by atoms with van der Waals surface area (Å²) in [5.74, 6) is 0.911. The molecule has 1 saturated carbocycles. The Balaban J connectivity index is 1.72. The lowest BCUT2D eigenvalue weighted by molar-refractivity contribution is 0.128. The van der Waals surface area contributed by atoms with Gasteiger partial charge in [-0.05, 0) is 57.6 Å². The van der Waals surface area contributed by atoms with Gasteiger partial charge in [-0.15, -0.1) is 11.3 Å². The lowest BCUT2D eigenvalue weighted by Gasteiger charge is -2.21. The van der Waals surface area contributed by atoms with E-state index in [2.05, 4.69) is 48.5 Å². The molecule has 0 saturated heterocycles. The number of guanidine groups is 1. The summed E-state index contributed by atoms with van der Waals surface area (Å²) >= 11 is 1.88. The van der Waals surface area contributed by atoms with Crippen molar-refractivity contribution in [3.05, 3.63) is 21.9 Å². The third-order valence-corrected chi connectivity index (χ3v) is 5.50. The van der Waals surface area contributed by atoms with E-state index in [1.165, 1.54) is 22.6 Å². The molecular weight excluding hydrogens is 306 g/mol. The molecule has 1 aliphatic carbocycles. The van der Waals surface area contributed by atoms with E-state index in [1.807, 2.05) is 18.4 Å². The smallest absolute Gasteiger partial charge is 0.191 e. The van der Waals surface area contributed by atoms with E-state index in [9.17, 15) is 0 Å². The second-order valence-corrected chi connectivity index (χ2v) is 8.01. The molecule has 0 radical (unpaired) electrons. The van der Waals surface area contributed by atoms with Gasteiger partial charge in [0.25, 0.3) is 0 Å². The van der Waals surface area contributed by atoms with Crippen LogP contribution >= 0.6 is 11.3 Å². The summed E-state index contributed by atoms with van der Waals surface area (Å²) in [5.41, 5.74) is 0.431. The van der Waals surface area contributed by atoms with Crippen LogP contribution in [0.2, 0.25) is 0 Å². The van der Waals surface area contributed by atoms with Gasteiger partial charge in [-0.1, -0.05) is 0 Å². The highest BCUT2D eigenvalue weighted by atomic mass is 32.1. The molecule has 0 bridgehead atoms. The van der Waals surface area contributed by atoms with Crippen molar-refractivity contribution in [2.24, 2.45) is 10.4 Å². The Morgan fingerprint density at radius 3 is 2.78 bits per heavy atom. The molecule has 1 heterocycles. The number of hydrogen-bond acceptors (Lipinski definition) is 3. The first kappa shape index (κ1) is 18.3. The van der Waals surface area contributed by atoms with Crippen LogP contribution < -0.4 is 10.6 Å². The summed E-state index contributed by atoms with van der Waals surface area (Å²) in [6.07, 6.45) is 4.78. The molecular formula is C18H31N3OS. The summed E-state index contributed by atoms with van der Waals surface area (Å²) in [7, 11) is 1.84. The quantitative estimate of drug-likeness (QED) is 0.413. The van der Waals surface area contributed by atoms with E-state index < -0.39 is 0 Å². The minimum atomic E-state index is 0.373. The van der Waals surface area contributed by atoms with Crippen LogP contribution in [0, 0.1) is 12.3 Å². The average molecular weight is 338 g/mol. The molecule has 2 rings (SSSR count). The van der Waals surface area contributed by atoms with E-state index in [4.69, 9.17) is 4.74 Å². The Kier molecular flexibility index (Phi) is 6.90.